The highest BCUT2D eigenvalue weighted by atomic mass is 16.2. The number of piperazine rings is 1. The standard InChI is InChI=1S/C42H45N9O4/c1-27-22-31(36-25-44-40-39(45-36)34(24-43-40)28-4-6-29(7-5-28)41(54)47(2)3)23-30-12-15-48(26-35(27)30)16-14-38(53)50-20-18-49(19-21-50)32-8-10-33(11-9-32)51-17-13-37(52)46-42(51)55/h4-11,22-25H,12-21,26H2,1-3H3,(H,43,44)(H,46,52,55). The Kier molecular flexibility index (Phi) is 9.78. The van der Waals surface area contributed by atoms with E-state index in [1.165, 1.54) is 16.7 Å². The first kappa shape index (κ1) is 35.9. The second kappa shape index (κ2) is 15.0. The van der Waals surface area contributed by atoms with Gasteiger partial charge in [0, 0.05) is 114 Å². The number of amides is 5. The molecule has 3 aromatic carbocycles. The maximum atomic E-state index is 13.3. The Morgan fingerprint density at radius 2 is 1.60 bits per heavy atom. The minimum atomic E-state index is -0.388. The number of carbonyl (C=O) groups excluding carboxylic acids is 4. The summed E-state index contributed by atoms with van der Waals surface area (Å²) in [4.78, 5) is 72.2. The Bertz CT molecular complexity index is 2280. The SMILES string of the molecule is Cc1cc(-c2cnc3[nH]cc(-c4ccc(C(=O)N(C)C)cc4)c3n2)cc2c1CN(CCC(=O)N1CCN(c3ccc(N4CCC(=O)NC4=O)cc3)CC1)CC2. The number of hydrogen-bond donors (Lipinski definition) is 2. The van der Waals surface area contributed by atoms with Gasteiger partial charge in [0.15, 0.2) is 5.65 Å². The van der Waals surface area contributed by atoms with Crippen LogP contribution in [0.3, 0.4) is 0 Å². The van der Waals surface area contributed by atoms with Gasteiger partial charge in [-0.15, -0.1) is 0 Å². The number of rotatable bonds is 8. The summed E-state index contributed by atoms with van der Waals surface area (Å²) in [5, 5.41) is 2.37. The fourth-order valence-electron chi connectivity index (χ4n) is 7.84. The molecule has 0 bridgehead atoms. The molecule has 0 atom stereocenters. The number of urea groups is 1. The average molecular weight is 740 g/mol. The molecule has 13 nitrogen and oxygen atoms in total. The molecule has 5 heterocycles. The van der Waals surface area contributed by atoms with Crippen molar-refractivity contribution in [1.82, 2.24) is 35.0 Å². The molecule has 5 amide bonds. The van der Waals surface area contributed by atoms with Crippen LogP contribution < -0.4 is 15.1 Å². The van der Waals surface area contributed by atoms with Crippen LogP contribution >= 0.6 is 0 Å². The van der Waals surface area contributed by atoms with Crippen molar-refractivity contribution in [1.29, 1.82) is 0 Å². The third kappa shape index (κ3) is 7.39. The van der Waals surface area contributed by atoms with Crippen LogP contribution in [0.2, 0.25) is 0 Å². The zero-order chi connectivity index (χ0) is 38.2. The Hall–Kier alpha value is -6.08. The smallest absolute Gasteiger partial charge is 0.328 e. The summed E-state index contributed by atoms with van der Waals surface area (Å²) in [6.45, 7) is 7.79. The Labute approximate surface area is 319 Å². The van der Waals surface area contributed by atoms with E-state index >= 15 is 0 Å². The third-order valence-electron chi connectivity index (χ3n) is 11.0. The fraction of sp³-hybridized carbons (Fsp3) is 0.333. The van der Waals surface area contributed by atoms with Crippen molar-refractivity contribution >= 4 is 46.3 Å². The van der Waals surface area contributed by atoms with Gasteiger partial charge in [0.25, 0.3) is 5.91 Å². The van der Waals surface area contributed by atoms with Gasteiger partial charge in [-0.05, 0) is 84.1 Å². The topological polar surface area (TPSA) is 138 Å². The van der Waals surface area contributed by atoms with Crippen molar-refractivity contribution in [2.45, 2.75) is 32.7 Å². The number of aromatic amines is 1. The number of benzene rings is 3. The van der Waals surface area contributed by atoms with Gasteiger partial charge in [0.1, 0.15) is 5.52 Å². The van der Waals surface area contributed by atoms with Crippen molar-refractivity contribution in [2.75, 3.05) is 69.7 Å². The largest absolute Gasteiger partial charge is 0.368 e. The number of aromatic nitrogens is 3. The van der Waals surface area contributed by atoms with E-state index in [0.29, 0.717) is 43.7 Å². The number of fused-ring (bicyclic) bond motifs is 2. The Balaban J connectivity index is 0.859. The molecule has 2 N–H and O–H groups in total. The van der Waals surface area contributed by atoms with Crippen LogP contribution in [0.25, 0.3) is 33.5 Å². The van der Waals surface area contributed by atoms with E-state index < -0.39 is 0 Å². The number of aryl methyl sites for hydroxylation is 1. The quantitative estimate of drug-likeness (QED) is 0.231. The molecule has 2 saturated heterocycles. The summed E-state index contributed by atoms with van der Waals surface area (Å²) in [5.41, 5.74) is 11.5. The normalized spacial score (nSPS) is 16.3. The number of nitrogens with zero attached hydrogens (tertiary/aromatic N) is 7. The van der Waals surface area contributed by atoms with Crippen molar-refractivity contribution in [3.05, 3.63) is 95.3 Å². The lowest BCUT2D eigenvalue weighted by Crippen LogP contribution is -2.50. The molecule has 0 spiro atoms. The van der Waals surface area contributed by atoms with Gasteiger partial charge in [-0.1, -0.05) is 12.1 Å². The molecule has 3 aliphatic rings. The number of hydrogen-bond acceptors (Lipinski definition) is 8. The minimum absolute atomic E-state index is 0.0353. The zero-order valence-corrected chi connectivity index (χ0v) is 31.5. The van der Waals surface area contributed by atoms with Gasteiger partial charge in [-0.3, -0.25) is 29.5 Å². The van der Waals surface area contributed by atoms with Crippen molar-refractivity contribution in [3.63, 3.8) is 0 Å². The lowest BCUT2D eigenvalue weighted by Gasteiger charge is -2.37. The summed E-state index contributed by atoms with van der Waals surface area (Å²) in [6.07, 6.45) is 5.42. The maximum absolute atomic E-state index is 13.3. The number of imide groups is 1. The van der Waals surface area contributed by atoms with Crippen molar-refractivity contribution in [2.24, 2.45) is 0 Å². The molecule has 8 rings (SSSR count). The van der Waals surface area contributed by atoms with Crippen molar-refractivity contribution < 1.29 is 19.2 Å². The maximum Gasteiger partial charge on any atom is 0.328 e. The first-order chi connectivity index (χ1) is 26.6. The van der Waals surface area contributed by atoms with Gasteiger partial charge in [0.05, 0.1) is 11.9 Å². The lowest BCUT2D eigenvalue weighted by molar-refractivity contribution is -0.132. The number of nitrogens with one attached hydrogen (secondary N) is 2. The van der Waals surface area contributed by atoms with E-state index in [2.05, 4.69) is 39.2 Å². The van der Waals surface area contributed by atoms with Crippen molar-refractivity contribution in [3.8, 4) is 22.4 Å². The predicted octanol–water partition coefficient (Wildman–Crippen LogP) is 4.85. The monoisotopic (exact) mass is 739 g/mol. The van der Waals surface area contributed by atoms with E-state index in [1.54, 1.807) is 23.9 Å². The first-order valence-corrected chi connectivity index (χ1v) is 18.9. The molecule has 282 valence electrons. The second-order valence-corrected chi connectivity index (χ2v) is 14.8. The van der Waals surface area contributed by atoms with Crippen LogP contribution in [0.1, 0.15) is 39.9 Å². The average Bonchev–Trinajstić information content (AvgIpc) is 3.63. The van der Waals surface area contributed by atoms with E-state index in [1.807, 2.05) is 65.8 Å². The molecule has 13 heteroatoms. The predicted molar refractivity (Wildman–Crippen MR) is 212 cm³/mol. The number of carbonyl (C=O) groups is 4. The molecule has 0 radical (unpaired) electrons. The highest BCUT2D eigenvalue weighted by Crippen LogP contribution is 2.32. The van der Waals surface area contributed by atoms with E-state index in [-0.39, 0.29) is 23.8 Å². The Morgan fingerprint density at radius 3 is 2.33 bits per heavy atom. The molecule has 0 unspecified atom stereocenters. The molecule has 0 saturated carbocycles. The van der Waals surface area contributed by atoms with Gasteiger partial charge in [0.2, 0.25) is 11.8 Å². The summed E-state index contributed by atoms with van der Waals surface area (Å²) >= 11 is 0. The van der Waals surface area contributed by atoms with E-state index in [0.717, 1.165) is 78.4 Å². The zero-order valence-electron chi connectivity index (χ0n) is 31.5. The summed E-state index contributed by atoms with van der Waals surface area (Å²) < 4.78 is 0. The lowest BCUT2D eigenvalue weighted by atomic mass is 9.92. The van der Waals surface area contributed by atoms with Crippen LogP contribution in [0.4, 0.5) is 16.2 Å². The van der Waals surface area contributed by atoms with Crippen LogP contribution in [-0.2, 0) is 22.6 Å². The molecule has 2 fully saturated rings. The van der Waals surface area contributed by atoms with Gasteiger partial charge >= 0.3 is 6.03 Å². The van der Waals surface area contributed by atoms with E-state index in [9.17, 15) is 19.2 Å². The fourth-order valence-corrected chi connectivity index (χ4v) is 7.84. The third-order valence-corrected chi connectivity index (χ3v) is 11.0. The molecular weight excluding hydrogens is 695 g/mol. The molecule has 55 heavy (non-hydrogen) atoms. The molecule has 5 aromatic rings. The molecule has 0 aliphatic carbocycles. The highest BCUT2D eigenvalue weighted by molar-refractivity contribution is 6.05. The van der Waals surface area contributed by atoms with Crippen LogP contribution in [-0.4, -0.2) is 113 Å². The number of H-pyrrole nitrogens is 1. The molecule has 3 aliphatic heterocycles. The molecular formula is C42H45N9O4. The number of anilines is 2. The minimum Gasteiger partial charge on any atom is -0.368 e. The highest BCUT2D eigenvalue weighted by Gasteiger charge is 2.26. The van der Waals surface area contributed by atoms with Gasteiger partial charge < -0.3 is 19.7 Å². The van der Waals surface area contributed by atoms with Gasteiger partial charge in [-0.25, -0.2) is 14.8 Å². The summed E-state index contributed by atoms with van der Waals surface area (Å²) in [6, 6.07) is 19.5. The second-order valence-electron chi connectivity index (χ2n) is 14.8. The van der Waals surface area contributed by atoms with Gasteiger partial charge in [-0.2, -0.15) is 0 Å². The van der Waals surface area contributed by atoms with Crippen LogP contribution in [0.5, 0.6) is 0 Å². The van der Waals surface area contributed by atoms with E-state index in [4.69, 9.17) is 9.97 Å². The summed E-state index contributed by atoms with van der Waals surface area (Å²) in [7, 11) is 3.49. The molecule has 2 aromatic heterocycles. The first-order valence-electron chi connectivity index (χ1n) is 18.9. The van der Waals surface area contributed by atoms with Crippen LogP contribution in [0, 0.1) is 6.92 Å². The summed E-state index contributed by atoms with van der Waals surface area (Å²) in [5.74, 6) is -0.0905. The Morgan fingerprint density at radius 1 is 0.855 bits per heavy atom. The van der Waals surface area contributed by atoms with Crippen LogP contribution in [0.15, 0.2) is 73.1 Å².